The van der Waals surface area contributed by atoms with Gasteiger partial charge >= 0.3 is 0 Å². The average molecular weight is 979 g/mol. The first-order chi connectivity index (χ1) is 33.7. The minimum atomic E-state index is -1.50. The molecule has 4 unspecified atom stereocenters. The summed E-state index contributed by atoms with van der Waals surface area (Å²) in [7, 11) is 0. The summed E-state index contributed by atoms with van der Waals surface area (Å²) in [6.45, 7) is 11.2. The van der Waals surface area contributed by atoms with E-state index in [1.807, 2.05) is 34.6 Å². The first-order valence-electron chi connectivity index (χ1n) is 24.2. The van der Waals surface area contributed by atoms with E-state index in [0.29, 0.717) is 54.5 Å². The lowest BCUT2D eigenvalue weighted by molar-refractivity contribution is -0.136. The highest BCUT2D eigenvalue weighted by atomic mass is 19.1. The maximum absolute atomic E-state index is 15.2. The van der Waals surface area contributed by atoms with Crippen LogP contribution in [0.2, 0.25) is 0 Å². The molecule has 376 valence electrons. The van der Waals surface area contributed by atoms with Gasteiger partial charge in [-0.15, -0.1) is 0 Å². The molecular formula is C53H61F3N8O7. The number of carbonyl (C=O) groups excluding carboxylic acids is 4. The number of ether oxygens (including phenoxy) is 2. The van der Waals surface area contributed by atoms with E-state index in [4.69, 9.17) is 20.3 Å². The monoisotopic (exact) mass is 978 g/mol. The van der Waals surface area contributed by atoms with Crippen molar-refractivity contribution in [3.05, 3.63) is 129 Å². The van der Waals surface area contributed by atoms with E-state index < -0.39 is 70.1 Å². The van der Waals surface area contributed by atoms with Crippen LogP contribution in [0.25, 0.3) is 0 Å². The second-order valence-corrected chi connectivity index (χ2v) is 19.5. The van der Waals surface area contributed by atoms with Crippen molar-refractivity contribution in [3.63, 3.8) is 0 Å². The molecule has 71 heavy (non-hydrogen) atoms. The topological polar surface area (TPSA) is 209 Å². The fraction of sp³-hybridized carbons (Fsp3) is 0.434. The SMILES string of the molecule is CCC1(CC)CC(=O)N(Cc2cc(F)cc(C(=O)NC3c4cc(F)ccc4OC(C)(Cc4ccc5c(c4)[C@@H](NC(=O)c4cc(F)cc(CN6C(=N)NC(CC)(CC)C(C)C6=O)c4)CCO5)C3O)c2)C(=N)N1. The maximum Gasteiger partial charge on any atom is 0.251 e. The fourth-order valence-electron chi connectivity index (χ4n) is 10.6. The van der Waals surface area contributed by atoms with E-state index in [2.05, 4.69) is 21.3 Å². The lowest BCUT2D eigenvalue weighted by Gasteiger charge is -2.46. The molecule has 0 bridgehead atoms. The number of aliphatic hydroxyl groups is 1. The Labute approximate surface area is 410 Å². The lowest BCUT2D eigenvalue weighted by Crippen LogP contribution is -2.66. The number of nitrogens with one attached hydrogen (secondary N) is 6. The third-order valence-corrected chi connectivity index (χ3v) is 15.1. The van der Waals surface area contributed by atoms with Crippen LogP contribution in [0.3, 0.4) is 0 Å². The maximum atomic E-state index is 15.2. The standard InChI is InChI=1S/C53H61F3N8O7/c1-7-52(8-2)26-43(65)63(49(57)61-52)27-31-17-34(23-36(55)19-31)47(68)60-44-39-24-35(54)12-14-42(39)71-51(6,45(44)66)25-30-11-13-41-38(21-30)40(15-16-70-41)59-46(67)33-18-32(20-37(56)22-33)28-64-48(69)29(5)53(9-3,10-4)62-50(64)58/h11-14,17-24,29,40,44-45,66H,7-10,15-16,25-28H2,1-6H3,(H2,57,61)(H2,58,62)(H,59,67)(H,60,68)/t29?,40-,44?,45?,51?/m0/s1. The molecule has 8 rings (SSSR count). The summed E-state index contributed by atoms with van der Waals surface area (Å²) in [5.41, 5.74) is -0.709. The molecule has 7 N–H and O–H groups in total. The van der Waals surface area contributed by atoms with E-state index in [1.165, 1.54) is 46.2 Å². The van der Waals surface area contributed by atoms with Crippen molar-refractivity contribution in [1.29, 1.82) is 10.8 Å². The van der Waals surface area contributed by atoms with Crippen molar-refractivity contribution in [2.24, 2.45) is 5.92 Å². The number of halogens is 3. The van der Waals surface area contributed by atoms with Crippen LogP contribution in [0, 0.1) is 34.2 Å². The van der Waals surface area contributed by atoms with Crippen molar-refractivity contribution in [1.82, 2.24) is 31.1 Å². The van der Waals surface area contributed by atoms with Gasteiger partial charge in [-0.25, -0.2) is 13.2 Å². The van der Waals surface area contributed by atoms with E-state index in [1.54, 1.807) is 25.1 Å². The van der Waals surface area contributed by atoms with Gasteiger partial charge in [-0.05, 0) is 116 Å². The zero-order chi connectivity index (χ0) is 51.2. The number of amides is 4. The Morgan fingerprint density at radius 1 is 0.746 bits per heavy atom. The molecule has 4 aromatic carbocycles. The van der Waals surface area contributed by atoms with Gasteiger partial charge in [0.25, 0.3) is 11.8 Å². The van der Waals surface area contributed by atoms with Crippen LogP contribution < -0.4 is 30.7 Å². The number of hydrogen-bond donors (Lipinski definition) is 7. The van der Waals surface area contributed by atoms with E-state index in [-0.39, 0.29) is 84.3 Å². The number of nitrogens with zero attached hydrogens (tertiary/aromatic N) is 2. The molecule has 4 aliphatic rings. The molecule has 15 nitrogen and oxygen atoms in total. The molecule has 4 aliphatic heterocycles. The smallest absolute Gasteiger partial charge is 0.251 e. The molecule has 0 radical (unpaired) electrons. The van der Waals surface area contributed by atoms with E-state index in [9.17, 15) is 28.7 Å². The molecule has 4 heterocycles. The summed E-state index contributed by atoms with van der Waals surface area (Å²) in [5, 5.41) is 41.5. The van der Waals surface area contributed by atoms with Gasteiger partial charge in [-0.1, -0.05) is 40.7 Å². The number of hydrogen-bond acceptors (Lipinski definition) is 9. The second-order valence-electron chi connectivity index (χ2n) is 19.5. The van der Waals surface area contributed by atoms with Crippen molar-refractivity contribution >= 4 is 35.5 Å². The van der Waals surface area contributed by atoms with Gasteiger partial charge in [0.15, 0.2) is 11.9 Å². The fourth-order valence-corrected chi connectivity index (χ4v) is 10.6. The van der Waals surface area contributed by atoms with Crippen molar-refractivity contribution in [2.45, 2.75) is 134 Å². The summed E-state index contributed by atoms with van der Waals surface area (Å²) in [6.07, 6.45) is 1.57. The molecule has 2 fully saturated rings. The van der Waals surface area contributed by atoms with Crippen LogP contribution in [0.4, 0.5) is 13.2 Å². The largest absolute Gasteiger partial charge is 0.493 e. The Morgan fingerprint density at radius 2 is 1.35 bits per heavy atom. The van der Waals surface area contributed by atoms with Crippen LogP contribution in [0.15, 0.2) is 72.8 Å². The van der Waals surface area contributed by atoms with Crippen LogP contribution >= 0.6 is 0 Å². The molecule has 0 saturated carbocycles. The number of guanidine groups is 2. The first-order valence-corrected chi connectivity index (χ1v) is 24.2. The minimum absolute atomic E-state index is 0.0199. The summed E-state index contributed by atoms with van der Waals surface area (Å²) < 4.78 is 57.7. The quantitative estimate of drug-likeness (QED) is 0.0668. The molecular weight excluding hydrogens is 918 g/mol. The zero-order valence-electron chi connectivity index (χ0n) is 40.7. The number of carbonyl (C=O) groups is 4. The molecule has 18 heteroatoms. The highest BCUT2D eigenvalue weighted by molar-refractivity contribution is 6.01. The van der Waals surface area contributed by atoms with Gasteiger partial charge < -0.3 is 35.8 Å². The number of aliphatic hydroxyl groups excluding tert-OH is 1. The Morgan fingerprint density at radius 3 is 1.97 bits per heavy atom. The molecule has 0 aromatic heterocycles. The van der Waals surface area contributed by atoms with Gasteiger partial charge in [0.05, 0.1) is 49.7 Å². The Kier molecular flexibility index (Phi) is 14.0. The van der Waals surface area contributed by atoms with Crippen molar-refractivity contribution in [3.8, 4) is 11.5 Å². The van der Waals surface area contributed by atoms with Gasteiger partial charge in [0.2, 0.25) is 11.8 Å². The number of benzene rings is 4. The second kappa shape index (κ2) is 19.7. The van der Waals surface area contributed by atoms with Crippen molar-refractivity contribution in [2.75, 3.05) is 6.61 Å². The number of fused-ring (bicyclic) bond motifs is 2. The van der Waals surface area contributed by atoms with Gasteiger partial charge in [-0.2, -0.15) is 0 Å². The molecule has 4 aromatic rings. The van der Waals surface area contributed by atoms with Crippen LogP contribution in [0.1, 0.15) is 141 Å². The molecule has 4 amide bonds. The van der Waals surface area contributed by atoms with Gasteiger partial charge in [0, 0.05) is 40.6 Å². The predicted octanol–water partition coefficient (Wildman–Crippen LogP) is 7.46. The van der Waals surface area contributed by atoms with Gasteiger partial charge in [-0.3, -0.25) is 39.8 Å². The first kappa shape index (κ1) is 50.4. The van der Waals surface area contributed by atoms with Crippen molar-refractivity contribution < 1.29 is 46.9 Å². The number of rotatable bonds is 14. The average Bonchev–Trinajstić information content (AvgIpc) is 3.34. The normalized spacial score (nSPS) is 23.4. The zero-order valence-corrected chi connectivity index (χ0v) is 40.7. The lowest BCUT2D eigenvalue weighted by atomic mass is 9.78. The molecule has 5 atom stereocenters. The summed E-state index contributed by atoms with van der Waals surface area (Å²) >= 11 is 0. The van der Waals surface area contributed by atoms with Gasteiger partial charge in [0.1, 0.15) is 40.7 Å². The molecule has 0 spiro atoms. The van der Waals surface area contributed by atoms with Crippen LogP contribution in [-0.4, -0.2) is 79.8 Å². The predicted molar refractivity (Wildman–Crippen MR) is 258 cm³/mol. The summed E-state index contributed by atoms with van der Waals surface area (Å²) in [4.78, 5) is 57.2. The van der Waals surface area contributed by atoms with Crippen LogP contribution in [0.5, 0.6) is 11.5 Å². The Hall–Kier alpha value is -6.95. The highest BCUT2D eigenvalue weighted by Gasteiger charge is 2.48. The Balaban J connectivity index is 0.992. The minimum Gasteiger partial charge on any atom is -0.493 e. The van der Waals surface area contributed by atoms with E-state index >= 15 is 8.78 Å². The molecule has 2 saturated heterocycles. The Bertz CT molecular complexity index is 2780. The third kappa shape index (κ3) is 9.90. The summed E-state index contributed by atoms with van der Waals surface area (Å²) in [5.74, 6) is -4.00. The summed E-state index contributed by atoms with van der Waals surface area (Å²) in [6, 6.07) is 14.7. The van der Waals surface area contributed by atoms with Crippen LogP contribution in [-0.2, 0) is 29.1 Å². The third-order valence-electron chi connectivity index (χ3n) is 15.1. The van der Waals surface area contributed by atoms with E-state index in [0.717, 1.165) is 18.2 Å². The highest BCUT2D eigenvalue weighted by Crippen LogP contribution is 2.43. The molecule has 0 aliphatic carbocycles.